The molecular formula is C27H36F3N7O. The first-order valence-electron chi connectivity index (χ1n) is 13.6. The molecule has 1 aromatic heterocycles. The van der Waals surface area contributed by atoms with Gasteiger partial charge in [-0.3, -0.25) is 14.7 Å². The van der Waals surface area contributed by atoms with Crippen LogP contribution in [0.4, 0.5) is 19.0 Å². The maximum Gasteiger partial charge on any atom is 0.417 e. The van der Waals surface area contributed by atoms with Crippen molar-refractivity contribution < 1.29 is 18.0 Å². The van der Waals surface area contributed by atoms with Crippen molar-refractivity contribution in [1.82, 2.24) is 9.88 Å². The van der Waals surface area contributed by atoms with Gasteiger partial charge in [-0.15, -0.1) is 0 Å². The molecule has 1 amide bonds. The summed E-state index contributed by atoms with van der Waals surface area (Å²) in [5, 5.41) is 10.5. The van der Waals surface area contributed by atoms with Crippen LogP contribution < -0.4 is 16.4 Å². The van der Waals surface area contributed by atoms with Crippen molar-refractivity contribution in [3.63, 3.8) is 0 Å². The van der Waals surface area contributed by atoms with E-state index in [0.717, 1.165) is 50.8 Å². The van der Waals surface area contributed by atoms with Crippen LogP contribution in [-0.4, -0.2) is 59.4 Å². The Morgan fingerprint density at radius 2 is 1.82 bits per heavy atom. The molecule has 4 N–H and O–H groups in total. The number of amides is 1. The Morgan fingerprint density at radius 3 is 2.32 bits per heavy atom. The maximum atomic E-state index is 12.9. The summed E-state index contributed by atoms with van der Waals surface area (Å²) in [7, 11) is 0. The monoisotopic (exact) mass is 531 g/mol. The summed E-state index contributed by atoms with van der Waals surface area (Å²) < 4.78 is 38.7. The number of amidine groups is 1. The molecule has 4 bridgehead atoms. The SMILES string of the molecule is CCCC(C#N)(C(N)=NC1C2CC3CC1CC(C(N)=O)(C3)C2)N1CCN(c2ccc(C(F)(F)F)cn2)CC1. The van der Waals surface area contributed by atoms with Gasteiger partial charge in [0.2, 0.25) is 5.91 Å². The maximum absolute atomic E-state index is 12.9. The minimum Gasteiger partial charge on any atom is -0.385 e. The number of aromatic nitrogens is 1. The van der Waals surface area contributed by atoms with Crippen LogP contribution in [0.2, 0.25) is 0 Å². The van der Waals surface area contributed by atoms with Crippen LogP contribution >= 0.6 is 0 Å². The number of anilines is 1. The molecule has 4 aliphatic carbocycles. The van der Waals surface area contributed by atoms with E-state index in [1.54, 1.807) is 0 Å². The van der Waals surface area contributed by atoms with Crippen LogP contribution in [0, 0.1) is 34.5 Å². The molecule has 4 saturated carbocycles. The minimum absolute atomic E-state index is 0.00115. The van der Waals surface area contributed by atoms with Crippen molar-refractivity contribution in [2.24, 2.45) is 39.6 Å². The number of pyridine rings is 1. The number of halogens is 3. The molecule has 2 heterocycles. The Bertz CT molecular complexity index is 1110. The lowest BCUT2D eigenvalue weighted by Crippen LogP contribution is -2.63. The Hall–Kier alpha value is -2.87. The molecule has 11 heteroatoms. The first kappa shape index (κ1) is 26.7. The Morgan fingerprint density at radius 1 is 1.16 bits per heavy atom. The molecule has 38 heavy (non-hydrogen) atoms. The molecule has 206 valence electrons. The molecule has 0 radical (unpaired) electrons. The fourth-order valence-corrected chi connectivity index (χ4v) is 7.83. The van der Waals surface area contributed by atoms with E-state index in [4.69, 9.17) is 16.5 Å². The van der Waals surface area contributed by atoms with E-state index in [0.29, 0.717) is 50.2 Å². The number of aliphatic imine (C=N–C) groups is 1. The van der Waals surface area contributed by atoms with Crippen molar-refractivity contribution in [2.45, 2.75) is 69.6 Å². The zero-order chi connectivity index (χ0) is 27.3. The summed E-state index contributed by atoms with van der Waals surface area (Å²) in [6.07, 6.45) is 2.16. The number of hydrogen-bond acceptors (Lipinski definition) is 6. The predicted octanol–water partition coefficient (Wildman–Crippen LogP) is 3.32. The number of nitriles is 1. The van der Waals surface area contributed by atoms with E-state index < -0.39 is 22.7 Å². The molecular weight excluding hydrogens is 495 g/mol. The summed E-state index contributed by atoms with van der Waals surface area (Å²) >= 11 is 0. The summed E-state index contributed by atoms with van der Waals surface area (Å²) in [6.45, 7) is 4.06. The molecule has 3 atom stereocenters. The number of nitrogens with two attached hydrogens (primary N) is 2. The first-order valence-corrected chi connectivity index (χ1v) is 13.6. The van der Waals surface area contributed by atoms with Gasteiger partial charge in [0.1, 0.15) is 11.7 Å². The predicted molar refractivity (Wildman–Crippen MR) is 137 cm³/mol. The average molecular weight is 532 g/mol. The summed E-state index contributed by atoms with van der Waals surface area (Å²) in [6, 6.07) is 4.94. The van der Waals surface area contributed by atoms with Gasteiger partial charge in [-0.1, -0.05) is 13.3 Å². The summed E-state index contributed by atoms with van der Waals surface area (Å²) in [4.78, 5) is 25.4. The van der Waals surface area contributed by atoms with Crippen LogP contribution in [0.3, 0.4) is 0 Å². The molecule has 6 rings (SSSR count). The number of nitrogens with zero attached hydrogens (tertiary/aromatic N) is 5. The molecule has 0 aromatic carbocycles. The second-order valence-electron chi connectivity index (χ2n) is 11.7. The lowest BCUT2D eigenvalue weighted by molar-refractivity contribution is -0.144. The Kier molecular flexibility index (Phi) is 6.83. The normalized spacial score (nSPS) is 33.1. The van der Waals surface area contributed by atoms with E-state index >= 15 is 0 Å². The Labute approximate surface area is 221 Å². The molecule has 1 aromatic rings. The van der Waals surface area contributed by atoms with Crippen molar-refractivity contribution >= 4 is 17.6 Å². The summed E-state index contributed by atoms with van der Waals surface area (Å²) in [5.41, 5.74) is 10.3. The zero-order valence-corrected chi connectivity index (χ0v) is 21.8. The van der Waals surface area contributed by atoms with Gasteiger partial charge < -0.3 is 16.4 Å². The van der Waals surface area contributed by atoms with Gasteiger partial charge in [0.05, 0.1) is 17.7 Å². The highest BCUT2D eigenvalue weighted by Crippen LogP contribution is 2.60. The lowest BCUT2D eigenvalue weighted by atomic mass is 9.48. The number of piperazine rings is 1. The van der Waals surface area contributed by atoms with Gasteiger partial charge >= 0.3 is 6.18 Å². The molecule has 0 spiro atoms. The van der Waals surface area contributed by atoms with Crippen LogP contribution in [-0.2, 0) is 11.0 Å². The smallest absolute Gasteiger partial charge is 0.385 e. The third kappa shape index (κ3) is 4.51. The number of hydrogen-bond donors (Lipinski definition) is 2. The lowest BCUT2D eigenvalue weighted by Gasteiger charge is -2.58. The number of carbonyl (C=O) groups excluding carboxylic acids is 1. The van der Waals surface area contributed by atoms with Gasteiger partial charge in [0.25, 0.3) is 0 Å². The van der Waals surface area contributed by atoms with E-state index in [2.05, 4.69) is 16.0 Å². The van der Waals surface area contributed by atoms with Crippen molar-refractivity contribution in [3.8, 4) is 6.07 Å². The van der Waals surface area contributed by atoms with Crippen molar-refractivity contribution in [2.75, 3.05) is 31.1 Å². The van der Waals surface area contributed by atoms with E-state index in [1.807, 2.05) is 11.8 Å². The van der Waals surface area contributed by atoms with Crippen LogP contribution in [0.25, 0.3) is 0 Å². The van der Waals surface area contributed by atoms with Crippen LogP contribution in [0.15, 0.2) is 23.3 Å². The third-order valence-electron chi connectivity index (χ3n) is 9.47. The number of alkyl halides is 3. The van der Waals surface area contributed by atoms with Gasteiger partial charge in [-0.2, -0.15) is 18.4 Å². The van der Waals surface area contributed by atoms with E-state index in [9.17, 15) is 23.2 Å². The second kappa shape index (κ2) is 9.70. The molecule has 3 unspecified atom stereocenters. The van der Waals surface area contributed by atoms with Gasteiger partial charge in [-0.25, -0.2) is 4.98 Å². The van der Waals surface area contributed by atoms with Crippen molar-refractivity contribution in [1.29, 1.82) is 5.26 Å². The minimum atomic E-state index is -4.43. The summed E-state index contributed by atoms with van der Waals surface area (Å²) in [5.74, 6) is 1.66. The van der Waals surface area contributed by atoms with Gasteiger partial charge in [0.15, 0.2) is 5.54 Å². The number of carbonyl (C=O) groups is 1. The second-order valence-corrected chi connectivity index (χ2v) is 11.7. The van der Waals surface area contributed by atoms with Crippen molar-refractivity contribution in [3.05, 3.63) is 23.9 Å². The van der Waals surface area contributed by atoms with Gasteiger partial charge in [0, 0.05) is 37.8 Å². The molecule has 5 aliphatic rings. The van der Waals surface area contributed by atoms with Gasteiger partial charge in [-0.05, 0) is 68.4 Å². The largest absolute Gasteiger partial charge is 0.417 e. The van der Waals surface area contributed by atoms with Crippen LogP contribution in [0.5, 0.6) is 0 Å². The zero-order valence-electron chi connectivity index (χ0n) is 21.8. The first-order chi connectivity index (χ1) is 18.0. The molecule has 8 nitrogen and oxygen atoms in total. The highest BCUT2D eigenvalue weighted by atomic mass is 19.4. The highest BCUT2D eigenvalue weighted by molar-refractivity contribution is 5.93. The van der Waals surface area contributed by atoms with E-state index in [-0.39, 0.29) is 23.8 Å². The quantitative estimate of drug-likeness (QED) is 0.411. The Balaban J connectivity index is 1.32. The highest BCUT2D eigenvalue weighted by Gasteiger charge is 2.58. The third-order valence-corrected chi connectivity index (χ3v) is 9.47. The number of primary amides is 1. The average Bonchev–Trinajstić information content (AvgIpc) is 2.88. The topological polar surface area (TPSA) is 125 Å². The molecule has 1 saturated heterocycles. The number of rotatable bonds is 7. The molecule has 5 fully saturated rings. The van der Waals surface area contributed by atoms with Crippen LogP contribution in [0.1, 0.15) is 57.4 Å². The molecule has 1 aliphatic heterocycles. The fourth-order valence-electron chi connectivity index (χ4n) is 7.83. The van der Waals surface area contributed by atoms with E-state index in [1.165, 1.54) is 6.07 Å². The standard InChI is InChI=1S/C27H36F3N7O/c1-2-5-26(16-31,37-8-6-36(7-9-37)21-4-3-20(15-34-21)27(28,29)30)23(32)35-22-18-10-17-11-19(22)14-25(12-17,13-18)24(33)38/h3-4,15,17-19,22H,2,5-14H2,1H3,(H2,32,35)(H2,33,38). The fraction of sp³-hybridized carbons (Fsp3) is 0.704.